The number of carbonyl (C=O) groups is 1. The molecule has 2 aromatic rings. The SMILES string of the molecule is CC(C)(C)OC(=O)NCCCNCCc1nnn(-c2cccc(Cl)c2)n1. The van der Waals surface area contributed by atoms with Gasteiger partial charge in [-0.1, -0.05) is 17.7 Å². The summed E-state index contributed by atoms with van der Waals surface area (Å²) in [5.74, 6) is 0.657. The first-order chi connectivity index (χ1) is 12.3. The Morgan fingerprint density at radius 3 is 2.81 bits per heavy atom. The van der Waals surface area contributed by atoms with Gasteiger partial charge in [0.05, 0.1) is 5.69 Å². The van der Waals surface area contributed by atoms with Gasteiger partial charge in [-0.2, -0.15) is 0 Å². The molecular formula is C17H25ClN6O2. The van der Waals surface area contributed by atoms with Gasteiger partial charge in [-0.05, 0) is 57.1 Å². The fraction of sp³-hybridized carbons (Fsp3) is 0.529. The van der Waals surface area contributed by atoms with Crippen LogP contribution in [0.5, 0.6) is 0 Å². The van der Waals surface area contributed by atoms with E-state index >= 15 is 0 Å². The number of benzene rings is 1. The number of nitrogens with one attached hydrogen (secondary N) is 2. The molecule has 1 aromatic heterocycles. The molecule has 0 aliphatic rings. The number of halogens is 1. The molecule has 142 valence electrons. The number of tetrazole rings is 1. The largest absolute Gasteiger partial charge is 0.444 e. The summed E-state index contributed by atoms with van der Waals surface area (Å²) in [6.45, 7) is 7.58. The number of nitrogens with zero attached hydrogens (tertiary/aromatic N) is 4. The first-order valence-corrected chi connectivity index (χ1v) is 8.94. The molecule has 0 saturated carbocycles. The summed E-state index contributed by atoms with van der Waals surface area (Å²) in [6.07, 6.45) is 1.08. The lowest BCUT2D eigenvalue weighted by molar-refractivity contribution is 0.0527. The van der Waals surface area contributed by atoms with Crippen molar-refractivity contribution in [2.24, 2.45) is 0 Å². The van der Waals surface area contributed by atoms with Crippen LogP contribution >= 0.6 is 11.6 Å². The van der Waals surface area contributed by atoms with Gasteiger partial charge in [0.1, 0.15) is 5.60 Å². The molecule has 0 aliphatic heterocycles. The van der Waals surface area contributed by atoms with E-state index in [1.807, 2.05) is 32.9 Å². The van der Waals surface area contributed by atoms with Crippen molar-refractivity contribution in [1.29, 1.82) is 0 Å². The van der Waals surface area contributed by atoms with Gasteiger partial charge in [-0.25, -0.2) is 4.79 Å². The van der Waals surface area contributed by atoms with Crippen LogP contribution in [0.1, 0.15) is 33.0 Å². The van der Waals surface area contributed by atoms with E-state index in [2.05, 4.69) is 26.0 Å². The van der Waals surface area contributed by atoms with E-state index in [1.165, 1.54) is 4.80 Å². The van der Waals surface area contributed by atoms with Crippen molar-refractivity contribution in [1.82, 2.24) is 30.8 Å². The first kappa shape index (κ1) is 20.1. The van der Waals surface area contributed by atoms with Gasteiger partial charge in [-0.15, -0.1) is 15.0 Å². The summed E-state index contributed by atoms with van der Waals surface area (Å²) in [7, 11) is 0. The monoisotopic (exact) mass is 380 g/mol. The molecule has 9 heteroatoms. The number of carbonyl (C=O) groups excluding carboxylic acids is 1. The van der Waals surface area contributed by atoms with E-state index in [4.69, 9.17) is 16.3 Å². The smallest absolute Gasteiger partial charge is 0.407 e. The molecule has 0 radical (unpaired) electrons. The molecular weight excluding hydrogens is 356 g/mol. The standard InChI is InChI=1S/C17H25ClN6O2/c1-17(2,3)26-16(25)20-10-5-9-19-11-8-15-21-23-24(22-15)14-7-4-6-13(18)12-14/h4,6-7,12,19H,5,8-11H2,1-3H3,(H,20,25). The molecule has 2 rings (SSSR count). The maximum absolute atomic E-state index is 11.5. The van der Waals surface area contributed by atoms with Gasteiger partial charge in [0.2, 0.25) is 0 Å². The predicted molar refractivity (Wildman–Crippen MR) is 99.6 cm³/mol. The third-order valence-corrected chi connectivity index (χ3v) is 3.45. The van der Waals surface area contributed by atoms with Gasteiger partial charge in [-0.3, -0.25) is 0 Å². The molecule has 2 N–H and O–H groups in total. The summed E-state index contributed by atoms with van der Waals surface area (Å²) in [5.41, 5.74) is 0.301. The van der Waals surface area contributed by atoms with E-state index in [0.29, 0.717) is 23.8 Å². The molecule has 1 amide bonds. The predicted octanol–water partition coefficient (Wildman–Crippen LogP) is 2.36. The zero-order valence-electron chi connectivity index (χ0n) is 15.3. The second-order valence-corrected chi connectivity index (χ2v) is 7.19. The molecule has 0 bridgehead atoms. The molecule has 0 fully saturated rings. The summed E-state index contributed by atoms with van der Waals surface area (Å²) in [5, 5.41) is 19.0. The van der Waals surface area contributed by atoms with Crippen LogP contribution in [-0.4, -0.2) is 51.5 Å². The fourth-order valence-corrected chi connectivity index (χ4v) is 2.28. The van der Waals surface area contributed by atoms with Crippen LogP contribution in [-0.2, 0) is 11.2 Å². The molecule has 8 nitrogen and oxygen atoms in total. The minimum Gasteiger partial charge on any atom is -0.444 e. The maximum atomic E-state index is 11.5. The van der Waals surface area contributed by atoms with E-state index in [-0.39, 0.29) is 6.09 Å². The van der Waals surface area contributed by atoms with Crippen molar-refractivity contribution in [3.05, 3.63) is 35.1 Å². The minimum atomic E-state index is -0.474. The van der Waals surface area contributed by atoms with Crippen molar-refractivity contribution in [2.75, 3.05) is 19.6 Å². The molecule has 0 atom stereocenters. The van der Waals surface area contributed by atoms with E-state index in [9.17, 15) is 4.79 Å². The highest BCUT2D eigenvalue weighted by Crippen LogP contribution is 2.12. The van der Waals surface area contributed by atoms with Crippen LogP contribution in [0.4, 0.5) is 4.79 Å². The molecule has 1 aromatic carbocycles. The second kappa shape index (κ2) is 9.49. The average molecular weight is 381 g/mol. The topological polar surface area (TPSA) is 94.0 Å². The van der Waals surface area contributed by atoms with Gasteiger partial charge < -0.3 is 15.4 Å². The Balaban J connectivity index is 1.60. The van der Waals surface area contributed by atoms with Crippen LogP contribution in [0.15, 0.2) is 24.3 Å². The number of rotatable bonds is 8. The van der Waals surface area contributed by atoms with Gasteiger partial charge in [0, 0.05) is 24.5 Å². The summed E-state index contributed by atoms with van der Waals surface area (Å²) in [4.78, 5) is 12.9. The summed E-state index contributed by atoms with van der Waals surface area (Å²) < 4.78 is 5.16. The second-order valence-electron chi connectivity index (χ2n) is 6.76. The van der Waals surface area contributed by atoms with E-state index in [0.717, 1.165) is 25.2 Å². The zero-order chi connectivity index (χ0) is 19.0. The van der Waals surface area contributed by atoms with Gasteiger partial charge in [0.15, 0.2) is 5.82 Å². The Bertz CT molecular complexity index is 713. The Morgan fingerprint density at radius 2 is 2.08 bits per heavy atom. The zero-order valence-corrected chi connectivity index (χ0v) is 16.1. The first-order valence-electron chi connectivity index (χ1n) is 8.56. The Labute approximate surface area is 158 Å². The van der Waals surface area contributed by atoms with E-state index in [1.54, 1.807) is 12.1 Å². The van der Waals surface area contributed by atoms with Gasteiger partial charge in [0.25, 0.3) is 0 Å². The summed E-state index contributed by atoms with van der Waals surface area (Å²) >= 11 is 5.96. The lowest BCUT2D eigenvalue weighted by Gasteiger charge is -2.19. The van der Waals surface area contributed by atoms with Crippen LogP contribution in [0, 0.1) is 0 Å². The normalized spacial score (nSPS) is 11.4. The Morgan fingerprint density at radius 1 is 1.27 bits per heavy atom. The van der Waals surface area contributed by atoms with Crippen molar-refractivity contribution in [3.8, 4) is 5.69 Å². The van der Waals surface area contributed by atoms with Crippen LogP contribution in [0.2, 0.25) is 5.02 Å². The Kier molecular flexibility index (Phi) is 7.35. The van der Waals surface area contributed by atoms with E-state index < -0.39 is 5.60 Å². The molecule has 0 saturated heterocycles. The molecule has 0 aliphatic carbocycles. The van der Waals surface area contributed by atoms with Crippen LogP contribution < -0.4 is 10.6 Å². The highest BCUT2D eigenvalue weighted by molar-refractivity contribution is 6.30. The van der Waals surface area contributed by atoms with Crippen molar-refractivity contribution >= 4 is 17.7 Å². The molecule has 26 heavy (non-hydrogen) atoms. The number of aromatic nitrogens is 4. The highest BCUT2D eigenvalue weighted by Gasteiger charge is 2.15. The third kappa shape index (κ3) is 7.37. The highest BCUT2D eigenvalue weighted by atomic mass is 35.5. The van der Waals surface area contributed by atoms with Crippen LogP contribution in [0.25, 0.3) is 5.69 Å². The number of alkyl carbamates (subject to hydrolysis) is 1. The third-order valence-electron chi connectivity index (χ3n) is 3.22. The molecule has 1 heterocycles. The average Bonchev–Trinajstić information content (AvgIpc) is 3.01. The molecule has 0 spiro atoms. The summed E-state index contributed by atoms with van der Waals surface area (Å²) in [6, 6.07) is 7.29. The number of amides is 1. The van der Waals surface area contributed by atoms with Crippen molar-refractivity contribution < 1.29 is 9.53 Å². The minimum absolute atomic E-state index is 0.390. The number of hydrogen-bond acceptors (Lipinski definition) is 6. The van der Waals surface area contributed by atoms with Gasteiger partial charge >= 0.3 is 6.09 Å². The lowest BCUT2D eigenvalue weighted by atomic mass is 10.2. The van der Waals surface area contributed by atoms with Crippen molar-refractivity contribution in [2.45, 2.75) is 39.2 Å². The van der Waals surface area contributed by atoms with Crippen LogP contribution in [0.3, 0.4) is 0 Å². The quantitative estimate of drug-likeness (QED) is 0.683. The number of ether oxygens (including phenoxy) is 1. The number of hydrogen-bond donors (Lipinski definition) is 2. The Hall–Kier alpha value is -2.19. The van der Waals surface area contributed by atoms with Crippen molar-refractivity contribution in [3.63, 3.8) is 0 Å². The maximum Gasteiger partial charge on any atom is 0.407 e. The molecule has 0 unspecified atom stereocenters. The lowest BCUT2D eigenvalue weighted by Crippen LogP contribution is -2.34. The fourth-order valence-electron chi connectivity index (χ4n) is 2.10.